The molecule has 21 heavy (non-hydrogen) atoms. The van der Waals surface area contributed by atoms with E-state index in [9.17, 15) is 0 Å². The summed E-state index contributed by atoms with van der Waals surface area (Å²) in [5.41, 5.74) is 2.86. The third-order valence-corrected chi connectivity index (χ3v) is 3.59. The molecule has 0 saturated heterocycles. The second-order valence-electron chi connectivity index (χ2n) is 6.04. The minimum Gasteiger partial charge on any atom is -0.381 e. The van der Waals surface area contributed by atoms with Crippen molar-refractivity contribution in [2.75, 3.05) is 13.2 Å². The molecule has 0 radical (unpaired) electrons. The highest BCUT2D eigenvalue weighted by molar-refractivity contribution is 5.27. The summed E-state index contributed by atoms with van der Waals surface area (Å²) in [6.07, 6.45) is 7.68. The van der Waals surface area contributed by atoms with Crippen LogP contribution in [0.25, 0.3) is 0 Å². The molecule has 0 aliphatic carbocycles. The Balaban J connectivity index is 0.000000382. The van der Waals surface area contributed by atoms with Gasteiger partial charge in [0.15, 0.2) is 0 Å². The van der Waals surface area contributed by atoms with E-state index in [1.807, 2.05) is 0 Å². The standard InChI is InChI=1S/C10H22O.C10H14/c1-3-5-7-9-11-10-8-6-4-2;1-8(2)10-7-5-4-6-9(10)3/h3-10H2,1-2H3;4-8H,1-3H3. The lowest BCUT2D eigenvalue weighted by Gasteiger charge is -2.07. The summed E-state index contributed by atoms with van der Waals surface area (Å²) in [4.78, 5) is 0. The molecule has 1 rings (SSSR count). The first-order chi connectivity index (χ1) is 10.1. The van der Waals surface area contributed by atoms with Crippen molar-refractivity contribution in [2.45, 2.75) is 79.1 Å². The molecule has 0 amide bonds. The molecule has 0 N–H and O–H groups in total. The fourth-order valence-electron chi connectivity index (χ4n) is 2.24. The summed E-state index contributed by atoms with van der Waals surface area (Å²) < 4.78 is 5.44. The first-order valence-electron chi connectivity index (χ1n) is 8.76. The van der Waals surface area contributed by atoms with E-state index in [0.29, 0.717) is 5.92 Å². The monoisotopic (exact) mass is 292 g/mol. The lowest BCUT2D eigenvalue weighted by Crippen LogP contribution is -1.96. The van der Waals surface area contributed by atoms with E-state index in [1.54, 1.807) is 0 Å². The molecule has 1 nitrogen and oxygen atoms in total. The highest BCUT2D eigenvalue weighted by Gasteiger charge is 1.99. The van der Waals surface area contributed by atoms with Gasteiger partial charge in [0.05, 0.1) is 0 Å². The van der Waals surface area contributed by atoms with Gasteiger partial charge in [0.1, 0.15) is 0 Å². The van der Waals surface area contributed by atoms with E-state index in [1.165, 1.54) is 49.7 Å². The third-order valence-electron chi connectivity index (χ3n) is 3.59. The summed E-state index contributed by atoms with van der Waals surface area (Å²) in [5, 5.41) is 0. The number of hydrogen-bond donors (Lipinski definition) is 0. The number of aryl methyl sites for hydroxylation is 1. The number of hydrogen-bond acceptors (Lipinski definition) is 1. The zero-order chi connectivity index (χ0) is 15.9. The minimum absolute atomic E-state index is 0.654. The Morgan fingerprint density at radius 3 is 1.76 bits per heavy atom. The summed E-state index contributed by atoms with van der Waals surface area (Å²) >= 11 is 0. The van der Waals surface area contributed by atoms with Crippen LogP contribution in [-0.2, 0) is 4.74 Å². The van der Waals surface area contributed by atoms with E-state index in [4.69, 9.17) is 4.74 Å². The first kappa shape index (κ1) is 20.2. The maximum atomic E-state index is 5.44. The molecule has 0 spiro atoms. The van der Waals surface area contributed by atoms with Gasteiger partial charge >= 0.3 is 0 Å². The lowest BCUT2D eigenvalue weighted by molar-refractivity contribution is 0.126. The number of rotatable bonds is 9. The molecular weight excluding hydrogens is 256 g/mol. The van der Waals surface area contributed by atoms with E-state index < -0.39 is 0 Å². The van der Waals surface area contributed by atoms with Gasteiger partial charge in [-0.3, -0.25) is 0 Å². The largest absolute Gasteiger partial charge is 0.381 e. The Labute approximate surface area is 133 Å². The predicted molar refractivity (Wildman–Crippen MR) is 95.1 cm³/mol. The molecule has 1 aromatic carbocycles. The lowest BCUT2D eigenvalue weighted by atomic mass is 9.99. The van der Waals surface area contributed by atoms with Crippen LogP contribution in [0.3, 0.4) is 0 Å². The van der Waals surface area contributed by atoms with Gasteiger partial charge in [-0.25, -0.2) is 0 Å². The molecule has 0 aromatic heterocycles. The Kier molecular flexibility index (Phi) is 13.6. The Hall–Kier alpha value is -0.820. The van der Waals surface area contributed by atoms with Crippen molar-refractivity contribution in [1.82, 2.24) is 0 Å². The summed E-state index contributed by atoms with van der Waals surface area (Å²) in [6.45, 7) is 13.0. The number of ether oxygens (including phenoxy) is 1. The van der Waals surface area contributed by atoms with Gasteiger partial charge in [0, 0.05) is 13.2 Å². The predicted octanol–water partition coefficient (Wildman–Crippen LogP) is 6.50. The Morgan fingerprint density at radius 1 is 0.857 bits per heavy atom. The van der Waals surface area contributed by atoms with Crippen LogP contribution >= 0.6 is 0 Å². The molecule has 0 heterocycles. The van der Waals surface area contributed by atoms with Gasteiger partial charge in [-0.2, -0.15) is 0 Å². The van der Waals surface area contributed by atoms with Crippen LogP contribution < -0.4 is 0 Å². The van der Waals surface area contributed by atoms with Gasteiger partial charge < -0.3 is 4.74 Å². The SMILES string of the molecule is CCCCCOCCCCC.Cc1ccccc1C(C)C. The molecule has 122 valence electrons. The molecule has 0 fully saturated rings. The maximum Gasteiger partial charge on any atom is 0.0466 e. The van der Waals surface area contributed by atoms with Gasteiger partial charge in [-0.15, -0.1) is 0 Å². The van der Waals surface area contributed by atoms with Crippen molar-refractivity contribution >= 4 is 0 Å². The van der Waals surface area contributed by atoms with E-state index in [0.717, 1.165) is 13.2 Å². The highest BCUT2D eigenvalue weighted by Crippen LogP contribution is 2.17. The van der Waals surface area contributed by atoms with Crippen LogP contribution in [0.1, 0.15) is 83.3 Å². The molecule has 0 bridgehead atoms. The van der Waals surface area contributed by atoms with E-state index in [2.05, 4.69) is 58.9 Å². The van der Waals surface area contributed by atoms with Crippen molar-refractivity contribution in [1.29, 1.82) is 0 Å². The zero-order valence-electron chi connectivity index (χ0n) is 15.0. The second kappa shape index (κ2) is 14.1. The fourth-order valence-corrected chi connectivity index (χ4v) is 2.24. The van der Waals surface area contributed by atoms with Crippen LogP contribution in [0, 0.1) is 6.92 Å². The van der Waals surface area contributed by atoms with E-state index >= 15 is 0 Å². The summed E-state index contributed by atoms with van der Waals surface area (Å²) in [5.74, 6) is 0.654. The fraction of sp³-hybridized carbons (Fsp3) is 0.700. The van der Waals surface area contributed by atoms with Gasteiger partial charge in [-0.05, 0) is 36.8 Å². The quantitative estimate of drug-likeness (QED) is 0.472. The summed E-state index contributed by atoms with van der Waals surface area (Å²) in [7, 11) is 0. The van der Waals surface area contributed by atoms with Crippen LogP contribution in [0.4, 0.5) is 0 Å². The van der Waals surface area contributed by atoms with Crippen LogP contribution in [-0.4, -0.2) is 13.2 Å². The van der Waals surface area contributed by atoms with Crippen LogP contribution in [0.5, 0.6) is 0 Å². The van der Waals surface area contributed by atoms with E-state index in [-0.39, 0.29) is 0 Å². The minimum atomic E-state index is 0.654. The molecule has 0 atom stereocenters. The van der Waals surface area contributed by atoms with Crippen molar-refractivity contribution in [2.24, 2.45) is 0 Å². The summed E-state index contributed by atoms with van der Waals surface area (Å²) in [6, 6.07) is 8.54. The molecule has 1 heteroatoms. The van der Waals surface area contributed by atoms with Gasteiger partial charge in [-0.1, -0.05) is 77.6 Å². The highest BCUT2D eigenvalue weighted by atomic mass is 16.5. The van der Waals surface area contributed by atoms with Crippen LogP contribution in [0.2, 0.25) is 0 Å². The molecule has 0 aliphatic heterocycles. The molecule has 0 saturated carbocycles. The first-order valence-corrected chi connectivity index (χ1v) is 8.76. The second-order valence-corrected chi connectivity index (χ2v) is 6.04. The normalized spacial score (nSPS) is 10.4. The third kappa shape index (κ3) is 11.5. The average molecular weight is 293 g/mol. The molecule has 1 aromatic rings. The average Bonchev–Trinajstić information content (AvgIpc) is 2.47. The molecule has 0 unspecified atom stereocenters. The van der Waals surface area contributed by atoms with Gasteiger partial charge in [0.25, 0.3) is 0 Å². The number of benzene rings is 1. The van der Waals surface area contributed by atoms with Crippen molar-refractivity contribution < 1.29 is 4.74 Å². The smallest absolute Gasteiger partial charge is 0.0466 e. The topological polar surface area (TPSA) is 9.23 Å². The Morgan fingerprint density at radius 2 is 1.38 bits per heavy atom. The Bertz CT molecular complexity index is 322. The van der Waals surface area contributed by atoms with Crippen molar-refractivity contribution in [3.05, 3.63) is 35.4 Å². The van der Waals surface area contributed by atoms with Crippen molar-refractivity contribution in [3.8, 4) is 0 Å². The van der Waals surface area contributed by atoms with Crippen molar-refractivity contribution in [3.63, 3.8) is 0 Å². The zero-order valence-corrected chi connectivity index (χ0v) is 15.0. The maximum absolute atomic E-state index is 5.44. The van der Waals surface area contributed by atoms with Crippen LogP contribution in [0.15, 0.2) is 24.3 Å². The molecule has 0 aliphatic rings. The molecular formula is C20H36O. The number of unbranched alkanes of at least 4 members (excludes halogenated alkanes) is 4. The van der Waals surface area contributed by atoms with Gasteiger partial charge in [0.2, 0.25) is 0 Å².